The number of sulfonamides is 1. The van der Waals surface area contributed by atoms with Crippen LogP contribution in [-0.2, 0) is 10.0 Å². The van der Waals surface area contributed by atoms with Gasteiger partial charge in [0.05, 0.1) is 6.26 Å². The molecule has 0 spiro atoms. The van der Waals surface area contributed by atoms with Crippen molar-refractivity contribution in [2.45, 2.75) is 13.3 Å². The van der Waals surface area contributed by atoms with Gasteiger partial charge in [0.1, 0.15) is 5.82 Å². The van der Waals surface area contributed by atoms with Gasteiger partial charge in [-0.25, -0.2) is 17.1 Å². The lowest BCUT2D eigenvalue weighted by atomic mass is 10.2. The van der Waals surface area contributed by atoms with E-state index >= 15 is 0 Å². The molecule has 0 atom stereocenters. The molecule has 1 aliphatic heterocycles. The summed E-state index contributed by atoms with van der Waals surface area (Å²) in [6.45, 7) is 6.80. The van der Waals surface area contributed by atoms with E-state index < -0.39 is 10.0 Å². The fourth-order valence-corrected chi connectivity index (χ4v) is 4.10. The standard InChI is InChI=1S/C18H30FN5O2S.HI/c1-4-24(27(3,25)26)11-5-10-21-18(20-2)23-14-12-22(13-15-23)17-8-6-16(19)7-9-17;/h6-9H,4-5,10-15H2,1-3H3,(H,20,21);1H. The molecule has 1 N–H and O–H groups in total. The monoisotopic (exact) mass is 527 g/mol. The van der Waals surface area contributed by atoms with Crippen molar-refractivity contribution < 1.29 is 12.8 Å². The van der Waals surface area contributed by atoms with Crippen molar-refractivity contribution in [3.8, 4) is 0 Å². The second-order valence-electron chi connectivity index (χ2n) is 6.53. The quantitative estimate of drug-likeness (QED) is 0.254. The number of nitrogens with zero attached hydrogens (tertiary/aromatic N) is 4. The van der Waals surface area contributed by atoms with Crippen LogP contribution in [0.5, 0.6) is 0 Å². The molecule has 28 heavy (non-hydrogen) atoms. The third-order valence-electron chi connectivity index (χ3n) is 4.67. The van der Waals surface area contributed by atoms with E-state index in [1.165, 1.54) is 22.7 Å². The minimum Gasteiger partial charge on any atom is -0.368 e. The van der Waals surface area contributed by atoms with Gasteiger partial charge >= 0.3 is 0 Å². The maximum absolute atomic E-state index is 13.1. The SMILES string of the molecule is CCN(CCCNC(=NC)N1CCN(c2ccc(F)cc2)CC1)S(C)(=O)=O.I. The first-order valence-corrected chi connectivity index (χ1v) is 11.1. The lowest BCUT2D eigenvalue weighted by Crippen LogP contribution is -2.52. The smallest absolute Gasteiger partial charge is 0.211 e. The molecule has 2 rings (SSSR count). The van der Waals surface area contributed by atoms with Gasteiger partial charge in [0.2, 0.25) is 10.0 Å². The first kappa shape index (κ1) is 24.9. The molecule has 160 valence electrons. The molecule has 1 aliphatic rings. The Morgan fingerprint density at radius 3 is 2.32 bits per heavy atom. The number of aliphatic imine (C=N–C) groups is 1. The van der Waals surface area contributed by atoms with Crippen LogP contribution in [0.3, 0.4) is 0 Å². The lowest BCUT2D eigenvalue weighted by Gasteiger charge is -2.37. The molecular formula is C18H31FIN5O2S. The van der Waals surface area contributed by atoms with E-state index in [0.29, 0.717) is 19.6 Å². The normalized spacial score (nSPS) is 15.5. The number of nitrogens with one attached hydrogen (secondary N) is 1. The molecule has 7 nitrogen and oxygen atoms in total. The van der Waals surface area contributed by atoms with Crippen molar-refractivity contribution in [2.24, 2.45) is 4.99 Å². The summed E-state index contributed by atoms with van der Waals surface area (Å²) in [6, 6.07) is 6.58. The number of hydrogen-bond donors (Lipinski definition) is 1. The molecule has 1 aromatic rings. The van der Waals surface area contributed by atoms with Gasteiger partial charge in [0.25, 0.3) is 0 Å². The third-order valence-corrected chi connectivity index (χ3v) is 6.05. The van der Waals surface area contributed by atoms with Gasteiger partial charge in [0, 0.05) is 58.5 Å². The Bertz CT molecular complexity index is 722. The summed E-state index contributed by atoms with van der Waals surface area (Å²) >= 11 is 0. The van der Waals surface area contributed by atoms with E-state index in [0.717, 1.165) is 44.2 Å². The number of anilines is 1. The second kappa shape index (κ2) is 11.8. The molecule has 1 fully saturated rings. The summed E-state index contributed by atoms with van der Waals surface area (Å²) in [5.41, 5.74) is 1.03. The maximum Gasteiger partial charge on any atom is 0.211 e. The number of guanidine groups is 1. The molecule has 10 heteroatoms. The van der Waals surface area contributed by atoms with Crippen molar-refractivity contribution in [3.05, 3.63) is 30.1 Å². The highest BCUT2D eigenvalue weighted by atomic mass is 127. The van der Waals surface area contributed by atoms with Gasteiger partial charge in [-0.05, 0) is 30.7 Å². The van der Waals surface area contributed by atoms with Crippen molar-refractivity contribution in [1.82, 2.24) is 14.5 Å². The van der Waals surface area contributed by atoms with Crippen LogP contribution in [0.1, 0.15) is 13.3 Å². The number of benzene rings is 1. The fraction of sp³-hybridized carbons (Fsp3) is 0.611. The molecule has 0 bridgehead atoms. The first-order chi connectivity index (χ1) is 12.8. The van der Waals surface area contributed by atoms with Crippen LogP contribution in [0.2, 0.25) is 0 Å². The molecule has 0 aliphatic carbocycles. The highest BCUT2D eigenvalue weighted by Gasteiger charge is 2.20. The van der Waals surface area contributed by atoms with Crippen LogP contribution in [0.4, 0.5) is 10.1 Å². The van der Waals surface area contributed by atoms with E-state index in [1.54, 1.807) is 19.2 Å². The van der Waals surface area contributed by atoms with Crippen LogP contribution in [-0.4, -0.2) is 82.7 Å². The summed E-state index contributed by atoms with van der Waals surface area (Å²) in [5.74, 6) is 0.607. The predicted molar refractivity (Wildman–Crippen MR) is 124 cm³/mol. The molecule has 0 radical (unpaired) electrons. The van der Waals surface area contributed by atoms with E-state index in [4.69, 9.17) is 0 Å². The Morgan fingerprint density at radius 2 is 1.82 bits per heavy atom. The van der Waals surface area contributed by atoms with Crippen molar-refractivity contribution >= 4 is 45.6 Å². The van der Waals surface area contributed by atoms with Gasteiger partial charge in [0.15, 0.2) is 5.96 Å². The average Bonchev–Trinajstić information content (AvgIpc) is 2.65. The minimum atomic E-state index is -3.14. The zero-order chi connectivity index (χ0) is 19.9. The van der Waals surface area contributed by atoms with Crippen LogP contribution in [0, 0.1) is 5.82 Å². The highest BCUT2D eigenvalue weighted by Crippen LogP contribution is 2.16. The Labute approximate surface area is 185 Å². The van der Waals surface area contributed by atoms with Gasteiger partial charge < -0.3 is 15.1 Å². The van der Waals surface area contributed by atoms with Crippen LogP contribution in [0.25, 0.3) is 0 Å². The largest absolute Gasteiger partial charge is 0.368 e. The number of halogens is 2. The van der Waals surface area contributed by atoms with Crippen LogP contribution in [0.15, 0.2) is 29.3 Å². The molecular weight excluding hydrogens is 496 g/mol. The van der Waals surface area contributed by atoms with E-state index in [2.05, 4.69) is 20.1 Å². The zero-order valence-corrected chi connectivity index (χ0v) is 19.9. The van der Waals surface area contributed by atoms with Gasteiger partial charge in [-0.3, -0.25) is 4.99 Å². The maximum atomic E-state index is 13.1. The minimum absolute atomic E-state index is 0. The van der Waals surface area contributed by atoms with Gasteiger partial charge in [-0.2, -0.15) is 0 Å². The Morgan fingerprint density at radius 1 is 1.21 bits per heavy atom. The highest BCUT2D eigenvalue weighted by molar-refractivity contribution is 14.0. The Kier molecular flexibility index (Phi) is 10.5. The summed E-state index contributed by atoms with van der Waals surface area (Å²) in [7, 11) is -1.39. The van der Waals surface area contributed by atoms with Crippen molar-refractivity contribution in [1.29, 1.82) is 0 Å². The number of piperazine rings is 1. The lowest BCUT2D eigenvalue weighted by molar-refractivity contribution is 0.370. The van der Waals surface area contributed by atoms with Gasteiger partial charge in [-0.15, -0.1) is 24.0 Å². The van der Waals surface area contributed by atoms with E-state index in [9.17, 15) is 12.8 Å². The Hall–Kier alpha value is -1.14. The van der Waals surface area contributed by atoms with Crippen LogP contribution >= 0.6 is 24.0 Å². The molecule has 0 amide bonds. The van der Waals surface area contributed by atoms with Gasteiger partial charge in [-0.1, -0.05) is 6.92 Å². The Balaban J connectivity index is 0.00000392. The molecule has 0 unspecified atom stereocenters. The summed E-state index contributed by atoms with van der Waals surface area (Å²) in [5, 5.41) is 3.32. The second-order valence-corrected chi connectivity index (χ2v) is 8.52. The first-order valence-electron chi connectivity index (χ1n) is 9.26. The summed E-state index contributed by atoms with van der Waals surface area (Å²) < 4.78 is 37.8. The average molecular weight is 527 g/mol. The number of hydrogen-bond acceptors (Lipinski definition) is 4. The fourth-order valence-electron chi connectivity index (χ4n) is 3.17. The van der Waals surface area contributed by atoms with E-state index in [1.807, 2.05) is 6.92 Å². The van der Waals surface area contributed by atoms with Crippen LogP contribution < -0.4 is 10.2 Å². The topological polar surface area (TPSA) is 68.2 Å². The third kappa shape index (κ3) is 7.36. The van der Waals surface area contributed by atoms with E-state index in [-0.39, 0.29) is 29.8 Å². The molecule has 1 aromatic carbocycles. The number of rotatable bonds is 7. The summed E-state index contributed by atoms with van der Waals surface area (Å²) in [6.07, 6.45) is 1.96. The zero-order valence-electron chi connectivity index (χ0n) is 16.8. The predicted octanol–water partition coefficient (Wildman–Crippen LogP) is 1.81. The molecule has 1 saturated heterocycles. The summed E-state index contributed by atoms with van der Waals surface area (Å²) in [4.78, 5) is 8.76. The van der Waals surface area contributed by atoms with Crippen molar-refractivity contribution in [3.63, 3.8) is 0 Å². The molecule has 0 aromatic heterocycles. The van der Waals surface area contributed by atoms with Crippen molar-refractivity contribution in [2.75, 3.05) is 64.0 Å². The molecule has 1 heterocycles. The molecule has 0 saturated carbocycles.